The smallest absolute Gasteiger partial charge is 0.401 e. The minimum Gasteiger partial charge on any atom is -0.494 e. The van der Waals surface area contributed by atoms with Crippen molar-refractivity contribution in [3.05, 3.63) is 29.8 Å². The lowest BCUT2D eigenvalue weighted by Gasteiger charge is -2.16. The van der Waals surface area contributed by atoms with E-state index in [4.69, 9.17) is 4.74 Å². The average molecular weight is 247 g/mol. The molecule has 5 heteroatoms. The Hall–Kier alpha value is -1.23. The summed E-state index contributed by atoms with van der Waals surface area (Å²) in [6, 6.07) is 6.69. The van der Waals surface area contributed by atoms with E-state index in [-0.39, 0.29) is 6.04 Å². The van der Waals surface area contributed by atoms with Gasteiger partial charge in [0, 0.05) is 6.04 Å². The van der Waals surface area contributed by atoms with Gasteiger partial charge < -0.3 is 10.1 Å². The molecule has 1 aromatic rings. The van der Waals surface area contributed by atoms with E-state index in [1.165, 1.54) is 0 Å². The maximum Gasteiger partial charge on any atom is 0.401 e. The quantitative estimate of drug-likeness (QED) is 0.862. The standard InChI is InChI=1S/C12H16F3NO/c1-3-17-11-6-4-10(5-7-11)9(2)16-8-12(13,14)15/h4-7,9,16H,3,8H2,1-2H3. The SMILES string of the molecule is CCOc1ccc(C(C)NCC(F)(F)F)cc1. The Labute approximate surface area is 98.8 Å². The molecule has 0 bridgehead atoms. The van der Waals surface area contributed by atoms with Crippen LogP contribution in [0.3, 0.4) is 0 Å². The molecule has 1 rings (SSSR count). The maximum absolute atomic E-state index is 12.0. The zero-order chi connectivity index (χ0) is 12.9. The van der Waals surface area contributed by atoms with Crippen molar-refractivity contribution < 1.29 is 17.9 Å². The molecular weight excluding hydrogens is 231 g/mol. The molecule has 0 spiro atoms. The van der Waals surface area contributed by atoms with Crippen molar-refractivity contribution in [1.82, 2.24) is 5.32 Å². The first-order chi connectivity index (χ1) is 7.92. The molecule has 0 saturated heterocycles. The van der Waals surface area contributed by atoms with Gasteiger partial charge in [-0.3, -0.25) is 0 Å². The first-order valence-electron chi connectivity index (χ1n) is 5.45. The zero-order valence-electron chi connectivity index (χ0n) is 9.84. The monoisotopic (exact) mass is 247 g/mol. The summed E-state index contributed by atoms with van der Waals surface area (Å²) in [6.45, 7) is 3.16. The lowest BCUT2D eigenvalue weighted by molar-refractivity contribution is -0.126. The summed E-state index contributed by atoms with van der Waals surface area (Å²) in [6.07, 6.45) is -4.18. The second-order valence-corrected chi connectivity index (χ2v) is 3.72. The zero-order valence-corrected chi connectivity index (χ0v) is 9.84. The molecule has 96 valence electrons. The van der Waals surface area contributed by atoms with Crippen molar-refractivity contribution in [2.75, 3.05) is 13.2 Å². The summed E-state index contributed by atoms with van der Waals surface area (Å²) in [5.41, 5.74) is 0.803. The summed E-state index contributed by atoms with van der Waals surface area (Å²) >= 11 is 0. The Kier molecular flexibility index (Phi) is 4.81. The van der Waals surface area contributed by atoms with Gasteiger partial charge in [-0.05, 0) is 31.5 Å². The summed E-state index contributed by atoms with van der Waals surface area (Å²) in [5.74, 6) is 0.722. The molecule has 17 heavy (non-hydrogen) atoms. The number of benzene rings is 1. The summed E-state index contributed by atoms with van der Waals surface area (Å²) < 4.78 is 41.3. The summed E-state index contributed by atoms with van der Waals surface area (Å²) in [7, 11) is 0. The van der Waals surface area contributed by atoms with Crippen molar-refractivity contribution >= 4 is 0 Å². The van der Waals surface area contributed by atoms with Crippen LogP contribution in [0.2, 0.25) is 0 Å². The van der Waals surface area contributed by atoms with Gasteiger partial charge in [0.25, 0.3) is 0 Å². The molecule has 1 N–H and O–H groups in total. The molecule has 2 nitrogen and oxygen atoms in total. The van der Waals surface area contributed by atoms with Gasteiger partial charge in [0.1, 0.15) is 5.75 Å². The van der Waals surface area contributed by atoms with Crippen LogP contribution in [0, 0.1) is 0 Å². The fraction of sp³-hybridized carbons (Fsp3) is 0.500. The van der Waals surface area contributed by atoms with Crippen LogP contribution in [0.5, 0.6) is 5.75 Å². The second kappa shape index (κ2) is 5.91. The molecule has 0 fully saturated rings. The fourth-order valence-electron chi connectivity index (χ4n) is 1.41. The Morgan fingerprint density at radius 1 is 1.24 bits per heavy atom. The minimum atomic E-state index is -4.18. The first kappa shape index (κ1) is 13.8. The van der Waals surface area contributed by atoms with Crippen molar-refractivity contribution in [3.63, 3.8) is 0 Å². The van der Waals surface area contributed by atoms with Gasteiger partial charge >= 0.3 is 6.18 Å². The number of ether oxygens (including phenoxy) is 1. The van der Waals surface area contributed by atoms with Crippen LogP contribution >= 0.6 is 0 Å². The minimum absolute atomic E-state index is 0.340. The Balaban J connectivity index is 2.54. The molecule has 0 heterocycles. The van der Waals surface area contributed by atoms with Gasteiger partial charge in [0.2, 0.25) is 0 Å². The van der Waals surface area contributed by atoms with Crippen molar-refractivity contribution in [3.8, 4) is 5.75 Å². The van der Waals surface area contributed by atoms with E-state index < -0.39 is 12.7 Å². The van der Waals surface area contributed by atoms with Crippen molar-refractivity contribution in [2.24, 2.45) is 0 Å². The van der Waals surface area contributed by atoms with Crippen LogP contribution in [0.4, 0.5) is 13.2 Å². The first-order valence-corrected chi connectivity index (χ1v) is 5.45. The van der Waals surface area contributed by atoms with Gasteiger partial charge in [0.15, 0.2) is 0 Å². The highest BCUT2D eigenvalue weighted by Crippen LogP contribution is 2.19. The largest absolute Gasteiger partial charge is 0.494 e. The van der Waals surface area contributed by atoms with Crippen molar-refractivity contribution in [2.45, 2.75) is 26.1 Å². The fourth-order valence-corrected chi connectivity index (χ4v) is 1.41. The van der Waals surface area contributed by atoms with E-state index in [0.29, 0.717) is 6.61 Å². The van der Waals surface area contributed by atoms with Crippen LogP contribution in [-0.2, 0) is 0 Å². The van der Waals surface area contributed by atoms with E-state index in [1.54, 1.807) is 31.2 Å². The van der Waals surface area contributed by atoms with Gasteiger partial charge in [-0.2, -0.15) is 13.2 Å². The van der Waals surface area contributed by atoms with Gasteiger partial charge in [0.05, 0.1) is 13.2 Å². The van der Waals surface area contributed by atoms with Gasteiger partial charge in [-0.25, -0.2) is 0 Å². The predicted molar refractivity (Wildman–Crippen MR) is 60.1 cm³/mol. The van der Waals surface area contributed by atoms with Crippen LogP contribution in [0.1, 0.15) is 25.5 Å². The molecule has 0 radical (unpaired) electrons. The third kappa shape index (κ3) is 5.08. The number of rotatable bonds is 5. The molecule has 0 aromatic heterocycles. The van der Waals surface area contributed by atoms with Gasteiger partial charge in [-0.15, -0.1) is 0 Å². The summed E-state index contributed by atoms with van der Waals surface area (Å²) in [5, 5.41) is 2.42. The molecule has 0 aliphatic rings. The van der Waals surface area contributed by atoms with E-state index in [0.717, 1.165) is 11.3 Å². The second-order valence-electron chi connectivity index (χ2n) is 3.72. The number of hydrogen-bond acceptors (Lipinski definition) is 2. The Morgan fingerprint density at radius 3 is 2.29 bits per heavy atom. The number of hydrogen-bond donors (Lipinski definition) is 1. The van der Waals surface area contributed by atoms with E-state index in [9.17, 15) is 13.2 Å². The predicted octanol–water partition coefficient (Wildman–Crippen LogP) is 3.30. The number of nitrogens with one attached hydrogen (secondary N) is 1. The van der Waals surface area contributed by atoms with E-state index in [2.05, 4.69) is 5.32 Å². The van der Waals surface area contributed by atoms with Crippen molar-refractivity contribution in [1.29, 1.82) is 0 Å². The molecular formula is C12H16F3NO. The molecule has 0 saturated carbocycles. The van der Waals surface area contributed by atoms with Crippen LogP contribution < -0.4 is 10.1 Å². The topological polar surface area (TPSA) is 21.3 Å². The average Bonchev–Trinajstić information content (AvgIpc) is 2.26. The number of halogens is 3. The van der Waals surface area contributed by atoms with Crippen LogP contribution in [-0.4, -0.2) is 19.3 Å². The Morgan fingerprint density at radius 2 is 1.82 bits per heavy atom. The lowest BCUT2D eigenvalue weighted by atomic mass is 10.1. The highest BCUT2D eigenvalue weighted by atomic mass is 19.4. The Bertz CT molecular complexity index is 335. The molecule has 1 atom stereocenters. The third-order valence-corrected chi connectivity index (χ3v) is 2.30. The highest BCUT2D eigenvalue weighted by Gasteiger charge is 2.27. The van der Waals surface area contributed by atoms with Crippen LogP contribution in [0.15, 0.2) is 24.3 Å². The van der Waals surface area contributed by atoms with Gasteiger partial charge in [-0.1, -0.05) is 12.1 Å². The van der Waals surface area contributed by atoms with Crippen LogP contribution in [0.25, 0.3) is 0 Å². The van der Waals surface area contributed by atoms with E-state index >= 15 is 0 Å². The maximum atomic E-state index is 12.0. The van der Waals surface area contributed by atoms with E-state index in [1.807, 2.05) is 6.92 Å². The highest BCUT2D eigenvalue weighted by molar-refractivity contribution is 5.28. The molecule has 0 aliphatic heterocycles. The molecule has 1 aromatic carbocycles. The lowest BCUT2D eigenvalue weighted by Crippen LogP contribution is -2.30. The molecule has 0 amide bonds. The summed E-state index contributed by atoms with van der Waals surface area (Å²) in [4.78, 5) is 0. The molecule has 0 aliphatic carbocycles. The normalized spacial score (nSPS) is 13.5. The number of alkyl halides is 3. The third-order valence-electron chi connectivity index (χ3n) is 2.30. The molecule has 1 unspecified atom stereocenters.